The van der Waals surface area contributed by atoms with Gasteiger partial charge in [0.05, 0.1) is 35.5 Å². The quantitative estimate of drug-likeness (QED) is 0.243. The zero-order valence-corrected chi connectivity index (χ0v) is 26.5. The fourth-order valence-electron chi connectivity index (χ4n) is 5.68. The van der Waals surface area contributed by atoms with E-state index < -0.39 is 63.2 Å². The minimum absolute atomic E-state index is 0.115. The molecule has 0 radical (unpaired) electrons. The Kier molecular flexibility index (Phi) is 9.28. The van der Waals surface area contributed by atoms with Crippen LogP contribution in [0, 0.1) is 5.82 Å². The number of sulfonamides is 1. The molecule has 3 aromatic rings. The molecule has 0 spiro atoms. The SMILES string of the molecule is CC[C@@H](CN(c1ccccc1F)S(=O)(=O)C1(C)CC1)N1C(=O)[C@@H](CC(=O)O)O[C@H](c2cccc(Cl)c2)[C@H]1c1ccc(Cl)cc1. The third kappa shape index (κ3) is 6.31. The Balaban J connectivity index is 1.67. The topological polar surface area (TPSA) is 104 Å². The van der Waals surface area contributed by atoms with E-state index >= 15 is 4.39 Å². The molecule has 1 N–H and O–H groups in total. The van der Waals surface area contributed by atoms with Gasteiger partial charge >= 0.3 is 5.97 Å². The van der Waals surface area contributed by atoms with Crippen molar-refractivity contribution < 1.29 is 32.2 Å². The molecule has 2 fully saturated rings. The van der Waals surface area contributed by atoms with E-state index in [1.165, 1.54) is 23.1 Å². The van der Waals surface area contributed by atoms with E-state index in [-0.39, 0.29) is 18.7 Å². The second-order valence-corrected chi connectivity index (χ2v) is 14.7. The smallest absolute Gasteiger partial charge is 0.306 e. The first-order valence-electron chi connectivity index (χ1n) is 14.3. The third-order valence-corrected chi connectivity index (χ3v) is 11.5. The molecule has 1 heterocycles. The van der Waals surface area contributed by atoms with Crippen molar-refractivity contribution in [3.63, 3.8) is 0 Å². The lowest BCUT2D eigenvalue weighted by atomic mass is 9.89. The summed E-state index contributed by atoms with van der Waals surface area (Å²) in [6.07, 6.45) is -1.71. The Morgan fingerprint density at radius 2 is 1.75 bits per heavy atom. The van der Waals surface area contributed by atoms with Crippen molar-refractivity contribution in [2.45, 2.75) is 68.6 Å². The van der Waals surface area contributed by atoms with E-state index in [0.717, 1.165) is 4.31 Å². The molecule has 0 unspecified atom stereocenters. The Morgan fingerprint density at radius 1 is 1.07 bits per heavy atom. The van der Waals surface area contributed by atoms with Crippen molar-refractivity contribution in [1.29, 1.82) is 0 Å². The average molecular weight is 664 g/mol. The van der Waals surface area contributed by atoms with E-state index in [4.69, 9.17) is 27.9 Å². The highest BCUT2D eigenvalue weighted by Gasteiger charge is 2.54. The van der Waals surface area contributed by atoms with Gasteiger partial charge in [0, 0.05) is 10.0 Å². The van der Waals surface area contributed by atoms with Crippen LogP contribution < -0.4 is 4.31 Å². The molecule has 8 nitrogen and oxygen atoms in total. The van der Waals surface area contributed by atoms with Gasteiger partial charge in [0.15, 0.2) is 0 Å². The number of amides is 1. The molecule has 2 aliphatic rings. The number of morpholine rings is 1. The lowest BCUT2D eigenvalue weighted by molar-refractivity contribution is -0.183. The number of anilines is 1. The number of hydrogen-bond donors (Lipinski definition) is 1. The molecular weight excluding hydrogens is 630 g/mol. The molecule has 1 amide bonds. The van der Waals surface area contributed by atoms with Crippen molar-refractivity contribution in [3.05, 3.63) is 99.8 Å². The summed E-state index contributed by atoms with van der Waals surface area (Å²) in [5.74, 6) is -2.55. The van der Waals surface area contributed by atoms with Gasteiger partial charge in [-0.3, -0.25) is 13.9 Å². The van der Waals surface area contributed by atoms with Gasteiger partial charge in [-0.25, -0.2) is 12.8 Å². The van der Waals surface area contributed by atoms with Crippen molar-refractivity contribution in [2.75, 3.05) is 10.8 Å². The number of benzene rings is 3. The van der Waals surface area contributed by atoms with E-state index in [1.807, 2.05) is 0 Å². The Hall–Kier alpha value is -3.18. The molecule has 1 saturated carbocycles. The third-order valence-electron chi connectivity index (χ3n) is 8.41. The van der Waals surface area contributed by atoms with Gasteiger partial charge in [0.1, 0.15) is 18.0 Å². The van der Waals surface area contributed by atoms with Crippen molar-refractivity contribution >= 4 is 50.8 Å². The zero-order chi connectivity index (χ0) is 31.8. The summed E-state index contributed by atoms with van der Waals surface area (Å²) < 4.78 is 49.6. The van der Waals surface area contributed by atoms with Crippen LogP contribution >= 0.6 is 23.2 Å². The van der Waals surface area contributed by atoms with E-state index in [0.29, 0.717) is 34.0 Å². The normalized spacial score (nSPS) is 22.0. The van der Waals surface area contributed by atoms with Crippen LogP contribution in [0.5, 0.6) is 0 Å². The summed E-state index contributed by atoms with van der Waals surface area (Å²) >= 11 is 12.6. The number of halogens is 3. The minimum Gasteiger partial charge on any atom is -0.481 e. The molecule has 1 saturated heterocycles. The summed E-state index contributed by atoms with van der Waals surface area (Å²) in [7, 11) is -4.06. The minimum atomic E-state index is -4.06. The standard InChI is InChI=1S/C32H33Cl2FN2O6S/c1-3-24(19-36(26-10-5-4-9-25(26)35)44(41,42)32(2)15-16-32)37-29(20-11-13-22(33)14-12-20)30(21-7-6-8-23(34)17-21)43-27(31(37)40)18-28(38)39/h4-14,17,24,27,29-30H,3,15-16,18-19H2,1-2H3,(H,38,39)/t24-,27+,29+,30+/m0/s1. The van der Waals surface area contributed by atoms with Crippen molar-refractivity contribution in [1.82, 2.24) is 4.90 Å². The van der Waals surface area contributed by atoms with Crippen LogP contribution in [0.1, 0.15) is 62.8 Å². The van der Waals surface area contributed by atoms with E-state index in [2.05, 4.69) is 0 Å². The molecule has 234 valence electrons. The molecule has 1 aliphatic carbocycles. The number of carbonyl (C=O) groups is 2. The lowest BCUT2D eigenvalue weighted by Crippen LogP contribution is -2.58. The highest BCUT2D eigenvalue weighted by Crippen LogP contribution is 2.48. The summed E-state index contributed by atoms with van der Waals surface area (Å²) in [5.41, 5.74) is 1.12. The first kappa shape index (κ1) is 32.2. The monoisotopic (exact) mass is 662 g/mol. The van der Waals surface area contributed by atoms with Crippen LogP contribution in [-0.2, 0) is 24.3 Å². The Morgan fingerprint density at radius 3 is 2.34 bits per heavy atom. The van der Waals surface area contributed by atoms with E-state index in [1.54, 1.807) is 68.4 Å². The second kappa shape index (κ2) is 12.7. The first-order valence-corrected chi connectivity index (χ1v) is 16.5. The number of carboxylic acids is 1. The fourth-order valence-corrected chi connectivity index (χ4v) is 7.93. The zero-order valence-electron chi connectivity index (χ0n) is 24.2. The molecule has 12 heteroatoms. The van der Waals surface area contributed by atoms with Gasteiger partial charge < -0.3 is 14.7 Å². The van der Waals surface area contributed by atoms with Crippen LogP contribution in [-0.4, -0.2) is 53.7 Å². The number of aliphatic carboxylic acids is 1. The van der Waals surface area contributed by atoms with Gasteiger partial charge in [-0.05, 0) is 73.7 Å². The maximum Gasteiger partial charge on any atom is 0.306 e. The van der Waals surface area contributed by atoms with Gasteiger partial charge in [0.2, 0.25) is 10.0 Å². The van der Waals surface area contributed by atoms with Gasteiger partial charge in [0.25, 0.3) is 5.91 Å². The van der Waals surface area contributed by atoms with Gasteiger partial charge in [-0.2, -0.15) is 0 Å². The number of ether oxygens (including phenoxy) is 1. The van der Waals surface area contributed by atoms with Crippen LogP contribution in [0.3, 0.4) is 0 Å². The van der Waals surface area contributed by atoms with Gasteiger partial charge in [-0.15, -0.1) is 0 Å². The number of para-hydroxylation sites is 1. The predicted octanol–water partition coefficient (Wildman–Crippen LogP) is 6.78. The molecule has 0 bridgehead atoms. The molecule has 1 aliphatic heterocycles. The first-order chi connectivity index (χ1) is 20.9. The van der Waals surface area contributed by atoms with Crippen LogP contribution in [0.25, 0.3) is 0 Å². The van der Waals surface area contributed by atoms with E-state index in [9.17, 15) is 23.1 Å². The van der Waals surface area contributed by atoms with Gasteiger partial charge in [-0.1, -0.05) is 66.5 Å². The summed E-state index contributed by atoms with van der Waals surface area (Å²) in [5, 5.41) is 10.6. The lowest BCUT2D eigenvalue weighted by Gasteiger charge is -2.49. The number of carbonyl (C=O) groups excluding carboxylic acids is 1. The largest absolute Gasteiger partial charge is 0.481 e. The maximum atomic E-state index is 15.3. The second-order valence-electron chi connectivity index (χ2n) is 11.4. The molecule has 3 aromatic carbocycles. The number of rotatable bonds is 11. The molecule has 44 heavy (non-hydrogen) atoms. The number of carboxylic acid groups (broad SMARTS) is 1. The predicted molar refractivity (Wildman–Crippen MR) is 167 cm³/mol. The Bertz CT molecular complexity index is 1650. The fraction of sp³-hybridized carbons (Fsp3) is 0.375. The molecule has 4 atom stereocenters. The summed E-state index contributed by atoms with van der Waals surface area (Å²) in [4.78, 5) is 27.6. The van der Waals surface area contributed by atoms with Crippen LogP contribution in [0.2, 0.25) is 10.0 Å². The molecule has 5 rings (SSSR count). The highest BCUT2D eigenvalue weighted by atomic mass is 35.5. The number of hydrogen-bond acceptors (Lipinski definition) is 5. The summed E-state index contributed by atoms with van der Waals surface area (Å²) in [6, 6.07) is 17.7. The molecule has 0 aromatic heterocycles. The maximum absolute atomic E-state index is 15.3. The molecular formula is C32H33Cl2FN2O6S. The average Bonchev–Trinajstić information content (AvgIpc) is 3.75. The van der Waals surface area contributed by atoms with Crippen LogP contribution in [0.15, 0.2) is 72.8 Å². The van der Waals surface area contributed by atoms with Crippen molar-refractivity contribution in [3.8, 4) is 0 Å². The highest BCUT2D eigenvalue weighted by molar-refractivity contribution is 7.94. The van der Waals surface area contributed by atoms with Crippen LogP contribution in [0.4, 0.5) is 10.1 Å². The summed E-state index contributed by atoms with van der Waals surface area (Å²) in [6.45, 7) is 3.18. The van der Waals surface area contributed by atoms with Crippen molar-refractivity contribution in [2.24, 2.45) is 0 Å². The Labute approximate surface area is 266 Å². The number of nitrogens with zero attached hydrogens (tertiary/aromatic N) is 2.